The molecule has 0 amide bonds. The highest BCUT2D eigenvalue weighted by Crippen LogP contribution is 2.14. The zero-order chi connectivity index (χ0) is 17.9. The molecule has 2 N–H and O–H groups in total. The Morgan fingerprint density at radius 1 is 1.20 bits per heavy atom. The highest BCUT2D eigenvalue weighted by Gasteiger charge is 2.02. The highest BCUT2D eigenvalue weighted by molar-refractivity contribution is 7.11. The van der Waals surface area contributed by atoms with Crippen LogP contribution < -0.4 is 15.4 Å². The zero-order valence-corrected chi connectivity index (χ0v) is 16.2. The normalized spacial score (nSPS) is 11.4. The van der Waals surface area contributed by atoms with Crippen molar-refractivity contribution in [2.24, 2.45) is 4.99 Å². The van der Waals surface area contributed by atoms with Crippen molar-refractivity contribution in [3.63, 3.8) is 0 Å². The topological polar surface area (TPSA) is 58.5 Å². The summed E-state index contributed by atoms with van der Waals surface area (Å²) in [6, 6.07) is 8.14. The summed E-state index contributed by atoms with van der Waals surface area (Å²) in [5.41, 5.74) is 1.24. The smallest absolute Gasteiger partial charge is 0.191 e. The lowest BCUT2D eigenvalue weighted by Gasteiger charge is -2.11. The van der Waals surface area contributed by atoms with Gasteiger partial charge in [-0.25, -0.2) is 9.98 Å². The lowest BCUT2D eigenvalue weighted by molar-refractivity contribution is 0.311. The summed E-state index contributed by atoms with van der Waals surface area (Å²) in [5, 5.41) is 7.66. The molecule has 0 saturated carbocycles. The number of thiazole rings is 1. The quantitative estimate of drug-likeness (QED) is 0.408. The average Bonchev–Trinajstić information content (AvgIpc) is 3.09. The molecule has 0 spiro atoms. The van der Waals surface area contributed by atoms with Gasteiger partial charge in [0.2, 0.25) is 0 Å². The van der Waals surface area contributed by atoms with Crippen molar-refractivity contribution in [1.82, 2.24) is 15.6 Å². The minimum atomic E-state index is 0.611. The zero-order valence-electron chi connectivity index (χ0n) is 15.3. The number of aromatic nitrogens is 1. The van der Waals surface area contributed by atoms with Crippen LogP contribution in [-0.2, 0) is 13.0 Å². The van der Waals surface area contributed by atoms with E-state index in [1.165, 1.54) is 10.4 Å². The molecule has 1 heterocycles. The maximum absolute atomic E-state index is 5.74. The Labute approximate surface area is 154 Å². The van der Waals surface area contributed by atoms with Crippen molar-refractivity contribution in [3.05, 3.63) is 45.9 Å². The van der Waals surface area contributed by atoms with Gasteiger partial charge in [-0.1, -0.05) is 24.6 Å². The highest BCUT2D eigenvalue weighted by atomic mass is 32.1. The molecule has 0 bridgehead atoms. The summed E-state index contributed by atoms with van der Waals surface area (Å²) < 4.78 is 5.74. The molecule has 0 radical (unpaired) electrons. The van der Waals surface area contributed by atoms with E-state index in [9.17, 15) is 0 Å². The molecule has 6 heteroatoms. The first-order chi connectivity index (χ1) is 12.2. The van der Waals surface area contributed by atoms with Gasteiger partial charge in [0.15, 0.2) is 5.96 Å². The number of nitrogens with zero attached hydrogens (tertiary/aromatic N) is 2. The van der Waals surface area contributed by atoms with E-state index in [1.807, 2.05) is 18.3 Å². The number of aryl methyl sites for hydroxylation is 2. The molecule has 0 aliphatic rings. The average molecular weight is 361 g/mol. The van der Waals surface area contributed by atoms with Gasteiger partial charge in [0.05, 0.1) is 13.2 Å². The van der Waals surface area contributed by atoms with Crippen LogP contribution in [0.5, 0.6) is 5.75 Å². The second kappa shape index (κ2) is 10.7. The van der Waals surface area contributed by atoms with Crippen molar-refractivity contribution in [1.29, 1.82) is 0 Å². The van der Waals surface area contributed by atoms with Crippen molar-refractivity contribution >= 4 is 17.3 Å². The van der Waals surface area contributed by atoms with Crippen LogP contribution in [-0.4, -0.2) is 30.6 Å². The first-order valence-corrected chi connectivity index (χ1v) is 9.68. The molecule has 136 valence electrons. The third-order valence-corrected chi connectivity index (χ3v) is 4.70. The summed E-state index contributed by atoms with van der Waals surface area (Å²) in [5.74, 6) is 1.74. The van der Waals surface area contributed by atoms with Crippen LogP contribution in [0.25, 0.3) is 0 Å². The van der Waals surface area contributed by atoms with Crippen LogP contribution in [0.1, 0.15) is 35.7 Å². The number of hydrogen-bond acceptors (Lipinski definition) is 4. The minimum Gasteiger partial charge on any atom is -0.494 e. The number of benzene rings is 1. The van der Waals surface area contributed by atoms with Gasteiger partial charge in [0.1, 0.15) is 10.8 Å². The van der Waals surface area contributed by atoms with Crippen LogP contribution in [0.4, 0.5) is 0 Å². The van der Waals surface area contributed by atoms with E-state index in [4.69, 9.17) is 4.74 Å². The van der Waals surface area contributed by atoms with Gasteiger partial charge in [0.25, 0.3) is 0 Å². The fraction of sp³-hybridized carbons (Fsp3) is 0.474. The number of nitrogens with one attached hydrogen (secondary N) is 2. The molecule has 0 fully saturated rings. The van der Waals surface area contributed by atoms with E-state index in [0.29, 0.717) is 13.2 Å². The van der Waals surface area contributed by atoms with Crippen molar-refractivity contribution in [2.75, 3.05) is 19.7 Å². The predicted molar refractivity (Wildman–Crippen MR) is 106 cm³/mol. The fourth-order valence-corrected chi connectivity index (χ4v) is 2.96. The first-order valence-electron chi connectivity index (χ1n) is 8.86. The van der Waals surface area contributed by atoms with Gasteiger partial charge in [-0.3, -0.25) is 0 Å². The Hall–Kier alpha value is -2.08. The maximum Gasteiger partial charge on any atom is 0.191 e. The molecule has 5 nitrogen and oxygen atoms in total. The molecule has 1 aromatic carbocycles. The van der Waals surface area contributed by atoms with Crippen LogP contribution in [0.2, 0.25) is 0 Å². The number of aliphatic imine (C=N–C) groups is 1. The monoisotopic (exact) mass is 360 g/mol. The predicted octanol–water partition coefficient (Wildman–Crippen LogP) is 3.54. The molecule has 25 heavy (non-hydrogen) atoms. The van der Waals surface area contributed by atoms with Crippen molar-refractivity contribution in [3.8, 4) is 5.75 Å². The molecule has 2 aromatic rings. The van der Waals surface area contributed by atoms with Crippen LogP contribution >= 0.6 is 11.3 Å². The Morgan fingerprint density at radius 3 is 2.68 bits per heavy atom. The number of guanidine groups is 1. The second-order valence-electron chi connectivity index (χ2n) is 5.71. The molecule has 0 saturated heterocycles. The number of hydrogen-bond donors (Lipinski definition) is 2. The standard InChI is InChI=1S/C19H28N4OS/c1-4-17-13-22-18(25-17)14-23-19(20-5-2)21-11-6-12-24-16-9-7-15(3)8-10-16/h7-10,13H,4-6,11-12,14H2,1-3H3,(H2,20,21,23). The summed E-state index contributed by atoms with van der Waals surface area (Å²) in [4.78, 5) is 10.3. The Kier molecular flexibility index (Phi) is 8.25. The van der Waals surface area contributed by atoms with Crippen molar-refractivity contribution in [2.45, 2.75) is 40.2 Å². The molecule has 0 aliphatic heterocycles. The Bertz CT molecular complexity index is 652. The van der Waals surface area contributed by atoms with Gasteiger partial charge in [-0.15, -0.1) is 11.3 Å². The Balaban J connectivity index is 1.71. The molecular weight excluding hydrogens is 332 g/mol. The molecular formula is C19H28N4OS. The minimum absolute atomic E-state index is 0.611. The summed E-state index contributed by atoms with van der Waals surface area (Å²) >= 11 is 1.73. The fourth-order valence-electron chi connectivity index (χ4n) is 2.18. The molecule has 0 aliphatic carbocycles. The molecule has 2 rings (SSSR count). The van der Waals surface area contributed by atoms with Crippen LogP contribution in [0.15, 0.2) is 35.5 Å². The molecule has 0 unspecified atom stereocenters. The van der Waals surface area contributed by atoms with E-state index in [2.05, 4.69) is 53.5 Å². The van der Waals surface area contributed by atoms with Gasteiger partial charge in [-0.2, -0.15) is 0 Å². The Morgan fingerprint density at radius 2 is 2.00 bits per heavy atom. The maximum atomic E-state index is 5.74. The summed E-state index contributed by atoms with van der Waals surface area (Å²) in [6.45, 7) is 9.23. The van der Waals surface area contributed by atoms with E-state index >= 15 is 0 Å². The van der Waals surface area contributed by atoms with Gasteiger partial charge in [0, 0.05) is 24.2 Å². The van der Waals surface area contributed by atoms with E-state index in [-0.39, 0.29) is 0 Å². The largest absolute Gasteiger partial charge is 0.494 e. The van der Waals surface area contributed by atoms with Crippen LogP contribution in [0, 0.1) is 6.92 Å². The van der Waals surface area contributed by atoms with E-state index < -0.39 is 0 Å². The SMILES string of the molecule is CCNC(=NCc1ncc(CC)s1)NCCCOc1ccc(C)cc1. The van der Waals surface area contributed by atoms with Crippen molar-refractivity contribution < 1.29 is 4.74 Å². The van der Waals surface area contributed by atoms with Crippen LogP contribution in [0.3, 0.4) is 0 Å². The third-order valence-electron chi connectivity index (χ3n) is 3.57. The summed E-state index contributed by atoms with van der Waals surface area (Å²) in [7, 11) is 0. The molecule has 1 aromatic heterocycles. The van der Waals surface area contributed by atoms with Gasteiger partial charge in [-0.05, 0) is 38.8 Å². The van der Waals surface area contributed by atoms with E-state index in [0.717, 1.165) is 42.6 Å². The van der Waals surface area contributed by atoms with Gasteiger partial charge >= 0.3 is 0 Å². The lowest BCUT2D eigenvalue weighted by Crippen LogP contribution is -2.38. The summed E-state index contributed by atoms with van der Waals surface area (Å²) in [6.07, 6.45) is 3.88. The number of ether oxygens (including phenoxy) is 1. The number of rotatable bonds is 9. The van der Waals surface area contributed by atoms with Gasteiger partial charge < -0.3 is 15.4 Å². The lowest BCUT2D eigenvalue weighted by atomic mass is 10.2. The van der Waals surface area contributed by atoms with E-state index in [1.54, 1.807) is 11.3 Å². The molecule has 0 atom stereocenters. The first kappa shape index (κ1) is 19.2. The third kappa shape index (κ3) is 7.13. The second-order valence-corrected chi connectivity index (χ2v) is 6.91.